The van der Waals surface area contributed by atoms with Crippen molar-refractivity contribution in [1.82, 2.24) is 4.98 Å². The molecule has 3 rings (SSSR count). The van der Waals surface area contributed by atoms with Gasteiger partial charge in [0.05, 0.1) is 7.11 Å². The maximum absolute atomic E-state index is 5.98. The minimum Gasteiger partial charge on any atom is -0.497 e. The van der Waals surface area contributed by atoms with Crippen molar-refractivity contribution in [2.75, 3.05) is 12.4 Å². The van der Waals surface area contributed by atoms with Crippen LogP contribution in [-0.2, 0) is 6.54 Å². The van der Waals surface area contributed by atoms with E-state index in [1.807, 2.05) is 48.7 Å². The lowest BCUT2D eigenvalue weighted by molar-refractivity contribution is 0.415. The van der Waals surface area contributed by atoms with Crippen LogP contribution in [0.25, 0.3) is 10.9 Å². The second kappa shape index (κ2) is 5.47. The molecule has 0 aliphatic rings. The first kappa shape index (κ1) is 12.9. The lowest BCUT2D eigenvalue weighted by Gasteiger charge is -2.06. The molecule has 1 heterocycles. The number of rotatable bonds is 4. The number of nitrogens with one attached hydrogen (secondary N) is 2. The van der Waals surface area contributed by atoms with E-state index in [1.165, 1.54) is 10.9 Å². The third kappa shape index (κ3) is 2.58. The van der Waals surface area contributed by atoms with Crippen molar-refractivity contribution < 1.29 is 4.74 Å². The Labute approximate surface area is 122 Å². The van der Waals surface area contributed by atoms with Gasteiger partial charge in [-0.15, -0.1) is 0 Å². The predicted octanol–water partition coefficient (Wildman–Crippen LogP) is 4.44. The first-order valence-corrected chi connectivity index (χ1v) is 6.77. The van der Waals surface area contributed by atoms with Crippen LogP contribution in [0.15, 0.2) is 48.7 Å². The summed E-state index contributed by atoms with van der Waals surface area (Å²) >= 11 is 5.98. The van der Waals surface area contributed by atoms with Crippen LogP contribution in [-0.4, -0.2) is 12.1 Å². The first-order chi connectivity index (χ1) is 9.76. The fourth-order valence-electron chi connectivity index (χ4n) is 2.21. The van der Waals surface area contributed by atoms with Crippen LogP contribution in [0.3, 0.4) is 0 Å². The Kier molecular flexibility index (Phi) is 3.52. The topological polar surface area (TPSA) is 37.0 Å². The largest absolute Gasteiger partial charge is 0.497 e. The van der Waals surface area contributed by atoms with Gasteiger partial charge in [-0.25, -0.2) is 0 Å². The van der Waals surface area contributed by atoms with Crippen molar-refractivity contribution in [2.45, 2.75) is 6.54 Å². The van der Waals surface area contributed by atoms with Crippen LogP contribution >= 0.6 is 11.6 Å². The predicted molar refractivity (Wildman–Crippen MR) is 83.6 cm³/mol. The van der Waals surface area contributed by atoms with E-state index in [0.29, 0.717) is 0 Å². The molecule has 0 aliphatic heterocycles. The molecule has 0 unspecified atom stereocenters. The molecule has 3 nitrogen and oxygen atoms in total. The number of aromatic amines is 1. The summed E-state index contributed by atoms with van der Waals surface area (Å²) in [5.41, 5.74) is 3.34. The maximum atomic E-state index is 5.98. The molecule has 0 spiro atoms. The zero-order valence-electron chi connectivity index (χ0n) is 11.1. The van der Waals surface area contributed by atoms with Crippen molar-refractivity contribution in [3.8, 4) is 5.75 Å². The smallest absolute Gasteiger partial charge is 0.119 e. The lowest BCUT2D eigenvalue weighted by Crippen LogP contribution is -1.98. The van der Waals surface area contributed by atoms with Gasteiger partial charge in [-0.05, 0) is 42.0 Å². The van der Waals surface area contributed by atoms with Gasteiger partial charge in [0.1, 0.15) is 5.75 Å². The second-order valence-electron chi connectivity index (χ2n) is 4.59. The molecule has 3 aromatic rings. The minimum atomic E-state index is 0.744. The van der Waals surface area contributed by atoms with Gasteiger partial charge >= 0.3 is 0 Å². The number of hydrogen-bond acceptors (Lipinski definition) is 2. The van der Waals surface area contributed by atoms with Crippen molar-refractivity contribution in [3.05, 3.63) is 59.2 Å². The quantitative estimate of drug-likeness (QED) is 0.744. The fourth-order valence-corrected chi connectivity index (χ4v) is 2.38. The van der Waals surface area contributed by atoms with E-state index in [-0.39, 0.29) is 0 Å². The average Bonchev–Trinajstić information content (AvgIpc) is 2.88. The standard InChI is InChI=1S/C16H15ClN2O/c1-20-14-5-3-13(4-6-14)18-9-11-10-19-16-8-12(17)2-7-15(11)16/h2-8,10,18-19H,9H2,1H3. The Morgan fingerprint density at radius 3 is 2.70 bits per heavy atom. The summed E-state index contributed by atoms with van der Waals surface area (Å²) in [6.45, 7) is 0.758. The number of hydrogen-bond donors (Lipinski definition) is 2. The van der Waals surface area contributed by atoms with E-state index in [9.17, 15) is 0 Å². The molecule has 4 heteroatoms. The highest BCUT2D eigenvalue weighted by Gasteiger charge is 2.04. The van der Waals surface area contributed by atoms with Crippen molar-refractivity contribution in [3.63, 3.8) is 0 Å². The molecular formula is C16H15ClN2O. The Morgan fingerprint density at radius 2 is 1.95 bits per heavy atom. The van der Waals surface area contributed by atoms with E-state index >= 15 is 0 Å². The molecule has 0 radical (unpaired) electrons. The molecule has 0 atom stereocenters. The van der Waals surface area contributed by atoms with Gasteiger partial charge in [0.15, 0.2) is 0 Å². The second-order valence-corrected chi connectivity index (χ2v) is 5.02. The van der Waals surface area contributed by atoms with Gasteiger partial charge in [0.2, 0.25) is 0 Å². The van der Waals surface area contributed by atoms with Gasteiger partial charge in [-0.2, -0.15) is 0 Å². The van der Waals surface area contributed by atoms with E-state index in [0.717, 1.165) is 28.5 Å². The summed E-state index contributed by atoms with van der Waals surface area (Å²) in [5, 5.41) is 5.33. The molecule has 2 aromatic carbocycles. The summed E-state index contributed by atoms with van der Waals surface area (Å²) in [6, 6.07) is 13.8. The number of fused-ring (bicyclic) bond motifs is 1. The Morgan fingerprint density at radius 1 is 1.15 bits per heavy atom. The number of H-pyrrole nitrogens is 1. The molecule has 2 N–H and O–H groups in total. The fraction of sp³-hybridized carbons (Fsp3) is 0.125. The zero-order valence-corrected chi connectivity index (χ0v) is 11.9. The number of ether oxygens (including phenoxy) is 1. The van der Waals surface area contributed by atoms with Crippen LogP contribution < -0.4 is 10.1 Å². The zero-order chi connectivity index (χ0) is 13.9. The lowest BCUT2D eigenvalue weighted by atomic mass is 10.1. The molecule has 0 amide bonds. The van der Waals surface area contributed by atoms with Crippen LogP contribution in [0.4, 0.5) is 5.69 Å². The normalized spacial score (nSPS) is 10.7. The molecule has 1 aromatic heterocycles. The molecule has 0 saturated heterocycles. The Balaban J connectivity index is 1.76. The first-order valence-electron chi connectivity index (χ1n) is 6.40. The third-order valence-corrected chi connectivity index (χ3v) is 3.54. The number of aromatic nitrogens is 1. The van der Waals surface area contributed by atoms with Crippen LogP contribution in [0, 0.1) is 0 Å². The number of halogens is 1. The maximum Gasteiger partial charge on any atom is 0.119 e. The molecular weight excluding hydrogens is 272 g/mol. The van der Waals surface area contributed by atoms with Gasteiger partial charge in [0.25, 0.3) is 0 Å². The third-order valence-electron chi connectivity index (χ3n) is 3.30. The molecule has 0 aliphatic carbocycles. The molecule has 0 saturated carbocycles. The van der Waals surface area contributed by atoms with E-state index in [1.54, 1.807) is 7.11 Å². The Hall–Kier alpha value is -2.13. The molecule has 20 heavy (non-hydrogen) atoms. The van der Waals surface area contributed by atoms with E-state index in [2.05, 4.69) is 10.3 Å². The summed E-state index contributed by atoms with van der Waals surface area (Å²) in [4.78, 5) is 3.24. The number of anilines is 1. The van der Waals surface area contributed by atoms with Gasteiger partial charge in [-0.1, -0.05) is 17.7 Å². The number of methoxy groups -OCH3 is 1. The molecule has 0 fully saturated rings. The van der Waals surface area contributed by atoms with Gasteiger partial charge in [0, 0.05) is 34.4 Å². The van der Waals surface area contributed by atoms with Crippen molar-refractivity contribution in [1.29, 1.82) is 0 Å². The van der Waals surface area contributed by atoms with Gasteiger partial charge < -0.3 is 15.0 Å². The van der Waals surface area contributed by atoms with E-state index in [4.69, 9.17) is 16.3 Å². The minimum absolute atomic E-state index is 0.744. The van der Waals surface area contributed by atoms with Crippen molar-refractivity contribution >= 4 is 28.2 Å². The van der Waals surface area contributed by atoms with E-state index < -0.39 is 0 Å². The highest BCUT2D eigenvalue weighted by molar-refractivity contribution is 6.31. The monoisotopic (exact) mass is 286 g/mol. The van der Waals surface area contributed by atoms with Crippen LogP contribution in [0.1, 0.15) is 5.56 Å². The molecule has 102 valence electrons. The summed E-state index contributed by atoms with van der Waals surface area (Å²) in [7, 11) is 1.67. The van der Waals surface area contributed by atoms with Gasteiger partial charge in [-0.3, -0.25) is 0 Å². The summed E-state index contributed by atoms with van der Waals surface area (Å²) in [5.74, 6) is 0.859. The highest BCUT2D eigenvalue weighted by atomic mass is 35.5. The number of benzene rings is 2. The highest BCUT2D eigenvalue weighted by Crippen LogP contribution is 2.23. The van der Waals surface area contributed by atoms with Crippen molar-refractivity contribution in [2.24, 2.45) is 0 Å². The SMILES string of the molecule is COc1ccc(NCc2c[nH]c3cc(Cl)ccc23)cc1. The molecule has 0 bridgehead atoms. The summed E-state index contributed by atoms with van der Waals surface area (Å²) < 4.78 is 5.14. The average molecular weight is 287 g/mol. The summed E-state index contributed by atoms with van der Waals surface area (Å²) in [6.07, 6.45) is 2.01. The van der Waals surface area contributed by atoms with Crippen LogP contribution in [0.2, 0.25) is 5.02 Å². The Bertz CT molecular complexity index is 719. The van der Waals surface area contributed by atoms with Crippen LogP contribution in [0.5, 0.6) is 5.75 Å².